The summed E-state index contributed by atoms with van der Waals surface area (Å²) in [7, 11) is 0. The number of likely N-dealkylation sites (tertiary alicyclic amines) is 1. The number of phenols is 1. The number of aromatic hydroxyl groups is 1. The molecule has 0 spiro atoms. The van der Waals surface area contributed by atoms with Crippen LogP contribution in [0.3, 0.4) is 0 Å². The zero-order valence-corrected chi connectivity index (χ0v) is 20.7. The fourth-order valence-corrected chi connectivity index (χ4v) is 8.26. The summed E-state index contributed by atoms with van der Waals surface area (Å²) in [6.07, 6.45) is 14.6. The molecule has 2 saturated carbocycles. The zero-order chi connectivity index (χ0) is 23.0. The van der Waals surface area contributed by atoms with Crippen molar-refractivity contribution in [2.75, 3.05) is 26.2 Å². The van der Waals surface area contributed by atoms with Gasteiger partial charge in [-0.3, -0.25) is 4.90 Å². The van der Waals surface area contributed by atoms with Gasteiger partial charge in [-0.05, 0) is 135 Å². The fraction of sp³-hybridized carbons (Fsp3) is 0.613. The lowest BCUT2D eigenvalue weighted by molar-refractivity contribution is 0.0443. The molecule has 4 aliphatic rings. The molecule has 1 N–H and O–H groups in total. The second-order valence-electron chi connectivity index (χ2n) is 11.7. The molecule has 3 heteroatoms. The summed E-state index contributed by atoms with van der Waals surface area (Å²) >= 11 is 0. The van der Waals surface area contributed by atoms with E-state index in [2.05, 4.69) is 35.2 Å². The first-order valence-corrected chi connectivity index (χ1v) is 14.0. The van der Waals surface area contributed by atoms with Crippen molar-refractivity contribution in [1.82, 2.24) is 4.90 Å². The highest BCUT2D eigenvalue weighted by Crippen LogP contribution is 2.62. The molecule has 3 aliphatic carbocycles. The predicted octanol–water partition coefficient (Wildman–Crippen LogP) is 6.73. The number of piperidine rings is 1. The minimum Gasteiger partial charge on any atom is -0.508 e. The third kappa shape index (κ3) is 4.37. The SMILES string of the molecule is Oc1ccc2c(c1)CC[C@@H]1[C@@H]2CC[C@]2(Cc3ccc(OCCN4CCCCC4)cc3)CCC[C@@H]12. The van der Waals surface area contributed by atoms with E-state index in [4.69, 9.17) is 4.74 Å². The van der Waals surface area contributed by atoms with Crippen LogP contribution in [0.25, 0.3) is 0 Å². The van der Waals surface area contributed by atoms with Crippen molar-refractivity contribution < 1.29 is 9.84 Å². The van der Waals surface area contributed by atoms with E-state index in [1.165, 1.54) is 88.4 Å². The summed E-state index contributed by atoms with van der Waals surface area (Å²) in [4.78, 5) is 2.54. The number of rotatable bonds is 6. The number of fused-ring (bicyclic) bond motifs is 5. The first kappa shape index (κ1) is 22.5. The van der Waals surface area contributed by atoms with Crippen molar-refractivity contribution in [3.8, 4) is 11.5 Å². The molecule has 1 heterocycles. The maximum absolute atomic E-state index is 9.96. The van der Waals surface area contributed by atoms with Crippen LogP contribution in [-0.4, -0.2) is 36.2 Å². The van der Waals surface area contributed by atoms with Crippen molar-refractivity contribution in [2.45, 2.75) is 76.5 Å². The van der Waals surface area contributed by atoms with Crippen molar-refractivity contribution in [3.05, 3.63) is 59.2 Å². The van der Waals surface area contributed by atoms with E-state index in [1.807, 2.05) is 12.1 Å². The molecule has 4 atom stereocenters. The highest BCUT2D eigenvalue weighted by Gasteiger charge is 2.52. The molecule has 2 aromatic rings. The Bertz CT molecular complexity index is 979. The molecular formula is C31H41NO2. The quantitative estimate of drug-likeness (QED) is 0.520. The Morgan fingerprint density at radius 2 is 1.76 bits per heavy atom. The summed E-state index contributed by atoms with van der Waals surface area (Å²) in [5, 5.41) is 9.96. The lowest BCUT2D eigenvalue weighted by atomic mass is 9.54. The molecule has 0 bridgehead atoms. The van der Waals surface area contributed by atoms with E-state index in [9.17, 15) is 5.11 Å². The maximum Gasteiger partial charge on any atom is 0.119 e. The van der Waals surface area contributed by atoms with Crippen molar-refractivity contribution in [2.24, 2.45) is 17.3 Å². The first-order valence-electron chi connectivity index (χ1n) is 14.0. The monoisotopic (exact) mass is 459 g/mol. The molecule has 0 aromatic heterocycles. The molecule has 1 aliphatic heterocycles. The molecule has 2 aromatic carbocycles. The predicted molar refractivity (Wildman–Crippen MR) is 138 cm³/mol. The van der Waals surface area contributed by atoms with Crippen LogP contribution in [-0.2, 0) is 12.8 Å². The van der Waals surface area contributed by atoms with Crippen LogP contribution in [0, 0.1) is 17.3 Å². The third-order valence-corrected chi connectivity index (χ3v) is 9.84. The van der Waals surface area contributed by atoms with Gasteiger partial charge in [-0.1, -0.05) is 31.0 Å². The number of ether oxygens (including phenoxy) is 1. The van der Waals surface area contributed by atoms with Gasteiger partial charge in [0.2, 0.25) is 0 Å². The largest absolute Gasteiger partial charge is 0.508 e. The van der Waals surface area contributed by atoms with Crippen LogP contribution in [0.1, 0.15) is 80.4 Å². The van der Waals surface area contributed by atoms with Gasteiger partial charge >= 0.3 is 0 Å². The fourth-order valence-electron chi connectivity index (χ4n) is 8.26. The van der Waals surface area contributed by atoms with Crippen LogP contribution in [0.4, 0.5) is 0 Å². The lowest BCUT2D eigenvalue weighted by Crippen LogP contribution is -2.42. The second-order valence-corrected chi connectivity index (χ2v) is 11.7. The van der Waals surface area contributed by atoms with Gasteiger partial charge < -0.3 is 9.84 Å². The molecule has 3 nitrogen and oxygen atoms in total. The van der Waals surface area contributed by atoms with Gasteiger partial charge in [0.15, 0.2) is 0 Å². The number of phenolic OH excluding ortho intramolecular Hbond substituents is 1. The number of nitrogens with zero attached hydrogens (tertiary/aromatic N) is 1. The van der Waals surface area contributed by atoms with E-state index < -0.39 is 0 Å². The van der Waals surface area contributed by atoms with E-state index in [0.717, 1.165) is 37.2 Å². The summed E-state index contributed by atoms with van der Waals surface area (Å²) in [6, 6.07) is 15.3. The molecule has 3 fully saturated rings. The second kappa shape index (κ2) is 9.57. The smallest absolute Gasteiger partial charge is 0.119 e. The van der Waals surface area contributed by atoms with Crippen LogP contribution in [0.5, 0.6) is 11.5 Å². The van der Waals surface area contributed by atoms with Gasteiger partial charge in [0, 0.05) is 6.54 Å². The summed E-state index contributed by atoms with van der Waals surface area (Å²) in [5.41, 5.74) is 4.93. The van der Waals surface area contributed by atoms with E-state index in [-0.39, 0.29) is 0 Å². The van der Waals surface area contributed by atoms with E-state index >= 15 is 0 Å². The van der Waals surface area contributed by atoms with Crippen LogP contribution in [0.2, 0.25) is 0 Å². The van der Waals surface area contributed by atoms with Crippen molar-refractivity contribution in [1.29, 1.82) is 0 Å². The average Bonchev–Trinajstić information content (AvgIpc) is 3.29. The maximum atomic E-state index is 9.96. The molecular weight excluding hydrogens is 418 g/mol. The number of benzene rings is 2. The molecule has 182 valence electrons. The average molecular weight is 460 g/mol. The Balaban J connectivity index is 1.10. The summed E-state index contributed by atoms with van der Waals surface area (Å²) in [5.74, 6) is 3.84. The topological polar surface area (TPSA) is 32.7 Å². The Kier molecular flexibility index (Phi) is 6.32. The Hall–Kier alpha value is -2.00. The van der Waals surface area contributed by atoms with Gasteiger partial charge in [0.25, 0.3) is 0 Å². The lowest BCUT2D eigenvalue weighted by Gasteiger charge is -2.51. The molecule has 34 heavy (non-hydrogen) atoms. The van der Waals surface area contributed by atoms with Gasteiger partial charge in [-0.2, -0.15) is 0 Å². The van der Waals surface area contributed by atoms with E-state index in [1.54, 1.807) is 5.56 Å². The standard InChI is InChI=1S/C31H41NO2/c33-25-9-13-27-24(21-25)8-12-29-28(27)14-16-31(15-4-5-30(29)31)22-23-6-10-26(11-7-23)34-20-19-32-17-2-1-3-18-32/h6-7,9-11,13,21,28-30,33H,1-5,8,12,14-20,22H2/t28-,29-,30+,31+/m1/s1. The number of hydrogen-bond donors (Lipinski definition) is 1. The van der Waals surface area contributed by atoms with Crippen LogP contribution in [0.15, 0.2) is 42.5 Å². The Morgan fingerprint density at radius 3 is 2.62 bits per heavy atom. The number of aryl methyl sites for hydroxylation is 1. The molecule has 0 radical (unpaired) electrons. The molecule has 6 rings (SSSR count). The van der Waals surface area contributed by atoms with Gasteiger partial charge in [-0.25, -0.2) is 0 Å². The Labute approximate surface area is 205 Å². The number of hydrogen-bond acceptors (Lipinski definition) is 3. The third-order valence-electron chi connectivity index (χ3n) is 9.84. The van der Waals surface area contributed by atoms with Crippen molar-refractivity contribution >= 4 is 0 Å². The van der Waals surface area contributed by atoms with Gasteiger partial charge in [0.05, 0.1) is 0 Å². The van der Waals surface area contributed by atoms with Crippen molar-refractivity contribution in [3.63, 3.8) is 0 Å². The Morgan fingerprint density at radius 1 is 0.912 bits per heavy atom. The minimum atomic E-state index is 0.433. The van der Waals surface area contributed by atoms with Gasteiger partial charge in [0.1, 0.15) is 18.1 Å². The normalized spacial score (nSPS) is 30.9. The van der Waals surface area contributed by atoms with Crippen LogP contribution < -0.4 is 4.74 Å². The highest BCUT2D eigenvalue weighted by molar-refractivity contribution is 5.40. The minimum absolute atomic E-state index is 0.433. The van der Waals surface area contributed by atoms with Gasteiger partial charge in [-0.15, -0.1) is 0 Å². The summed E-state index contributed by atoms with van der Waals surface area (Å²) in [6.45, 7) is 4.33. The molecule has 0 unspecified atom stereocenters. The molecule has 0 amide bonds. The van der Waals surface area contributed by atoms with Crippen LogP contribution >= 0.6 is 0 Å². The first-order chi connectivity index (χ1) is 16.7. The zero-order valence-electron chi connectivity index (χ0n) is 20.7. The van der Waals surface area contributed by atoms with E-state index in [0.29, 0.717) is 17.1 Å². The summed E-state index contributed by atoms with van der Waals surface area (Å²) < 4.78 is 6.09. The highest BCUT2D eigenvalue weighted by atomic mass is 16.5. The molecule has 1 saturated heterocycles.